The van der Waals surface area contributed by atoms with Crippen LogP contribution in [0.1, 0.15) is 42.3 Å². The quantitative estimate of drug-likeness (QED) is 0.900. The fraction of sp³-hybridized carbons (Fsp3) is 0.733. The van der Waals surface area contributed by atoms with E-state index < -0.39 is 0 Å². The summed E-state index contributed by atoms with van der Waals surface area (Å²) in [7, 11) is 1.96. The van der Waals surface area contributed by atoms with Gasteiger partial charge in [-0.25, -0.2) is 0 Å². The molecule has 1 aromatic heterocycles. The van der Waals surface area contributed by atoms with Crippen LogP contribution in [0, 0.1) is 13.8 Å². The topological polar surface area (TPSA) is 64.2 Å². The van der Waals surface area contributed by atoms with Crippen LogP contribution in [0.4, 0.5) is 0 Å². The lowest BCUT2D eigenvalue weighted by molar-refractivity contribution is -0.133. The maximum atomic E-state index is 12.6. The molecule has 2 N–H and O–H groups in total. The van der Waals surface area contributed by atoms with Gasteiger partial charge in [0.15, 0.2) is 0 Å². The van der Waals surface area contributed by atoms with Gasteiger partial charge in [0, 0.05) is 24.8 Å². The second-order valence-electron chi connectivity index (χ2n) is 5.79. The zero-order chi connectivity index (χ0) is 15.6. The number of aryl methyl sites for hydroxylation is 2. The van der Waals surface area contributed by atoms with Gasteiger partial charge in [0.2, 0.25) is 5.91 Å². The van der Waals surface area contributed by atoms with Crippen LogP contribution in [0.3, 0.4) is 0 Å². The van der Waals surface area contributed by atoms with E-state index in [2.05, 4.69) is 12.0 Å². The molecule has 2 atom stereocenters. The molecule has 0 radical (unpaired) electrons. The van der Waals surface area contributed by atoms with E-state index in [4.69, 9.17) is 5.73 Å². The Morgan fingerprint density at radius 2 is 2.24 bits per heavy atom. The number of nitrogens with two attached hydrogens (primary N) is 1. The summed E-state index contributed by atoms with van der Waals surface area (Å²) >= 11 is 1.73. The molecule has 1 saturated heterocycles. The fourth-order valence-electron chi connectivity index (χ4n) is 3.18. The van der Waals surface area contributed by atoms with Gasteiger partial charge in [0.1, 0.15) is 0 Å². The molecule has 1 aliphatic heterocycles. The molecule has 0 aliphatic carbocycles. The highest BCUT2D eigenvalue weighted by atomic mass is 32.2. The van der Waals surface area contributed by atoms with Crippen LogP contribution in [0.15, 0.2) is 0 Å². The van der Waals surface area contributed by atoms with Crippen molar-refractivity contribution >= 4 is 17.7 Å². The molecule has 0 bridgehead atoms. The minimum atomic E-state index is -0.379. The SMILES string of the molecule is CSCCC(N)C(=O)N1CCCC1c1c(C)nn(C)c1C. The second-order valence-corrected chi connectivity index (χ2v) is 6.77. The molecule has 118 valence electrons. The zero-order valence-electron chi connectivity index (χ0n) is 13.4. The highest BCUT2D eigenvalue weighted by Crippen LogP contribution is 2.35. The van der Waals surface area contributed by atoms with Crippen LogP contribution in [0.5, 0.6) is 0 Å². The Kier molecular flexibility index (Phi) is 5.32. The Bertz CT molecular complexity index is 514. The molecule has 0 spiro atoms. The highest BCUT2D eigenvalue weighted by Gasteiger charge is 2.35. The van der Waals surface area contributed by atoms with E-state index in [9.17, 15) is 4.79 Å². The molecule has 2 heterocycles. The molecular weight excluding hydrogens is 284 g/mol. The molecule has 1 fully saturated rings. The predicted octanol–water partition coefficient (Wildman–Crippen LogP) is 1.78. The van der Waals surface area contributed by atoms with Crippen molar-refractivity contribution in [2.24, 2.45) is 12.8 Å². The van der Waals surface area contributed by atoms with Crippen molar-refractivity contribution in [3.8, 4) is 0 Å². The van der Waals surface area contributed by atoms with Crippen LogP contribution < -0.4 is 5.73 Å². The van der Waals surface area contributed by atoms with Crippen molar-refractivity contribution in [1.29, 1.82) is 0 Å². The van der Waals surface area contributed by atoms with Crippen LogP contribution in [-0.2, 0) is 11.8 Å². The number of rotatable bonds is 5. The zero-order valence-corrected chi connectivity index (χ0v) is 14.2. The summed E-state index contributed by atoms with van der Waals surface area (Å²) in [5.41, 5.74) is 9.46. The first-order chi connectivity index (χ1) is 9.97. The third-order valence-electron chi connectivity index (χ3n) is 4.38. The predicted molar refractivity (Wildman–Crippen MR) is 87.3 cm³/mol. The molecule has 2 unspecified atom stereocenters. The van der Waals surface area contributed by atoms with Gasteiger partial charge in [-0.15, -0.1) is 0 Å². The summed E-state index contributed by atoms with van der Waals surface area (Å²) in [6.45, 7) is 4.91. The van der Waals surface area contributed by atoms with Crippen LogP contribution in [0.25, 0.3) is 0 Å². The monoisotopic (exact) mass is 310 g/mol. The first-order valence-electron chi connectivity index (χ1n) is 7.52. The Hall–Kier alpha value is -1.01. The van der Waals surface area contributed by atoms with E-state index in [1.54, 1.807) is 11.8 Å². The van der Waals surface area contributed by atoms with Gasteiger partial charge in [0.25, 0.3) is 0 Å². The lowest BCUT2D eigenvalue weighted by Crippen LogP contribution is -2.43. The smallest absolute Gasteiger partial charge is 0.240 e. The van der Waals surface area contributed by atoms with E-state index in [-0.39, 0.29) is 18.0 Å². The maximum absolute atomic E-state index is 12.6. The van der Waals surface area contributed by atoms with Crippen molar-refractivity contribution in [3.63, 3.8) is 0 Å². The van der Waals surface area contributed by atoms with Crippen molar-refractivity contribution in [1.82, 2.24) is 14.7 Å². The summed E-state index contributed by atoms with van der Waals surface area (Å²) < 4.78 is 1.90. The van der Waals surface area contributed by atoms with Crippen molar-refractivity contribution < 1.29 is 4.79 Å². The third kappa shape index (κ3) is 3.26. The van der Waals surface area contributed by atoms with Gasteiger partial charge in [0.05, 0.1) is 17.8 Å². The lowest BCUT2D eigenvalue weighted by Gasteiger charge is -2.28. The molecule has 5 nitrogen and oxygen atoms in total. The number of likely N-dealkylation sites (tertiary alicyclic amines) is 1. The minimum absolute atomic E-state index is 0.0919. The van der Waals surface area contributed by atoms with Gasteiger partial charge in [-0.1, -0.05) is 0 Å². The molecule has 0 saturated carbocycles. The number of hydrogen-bond acceptors (Lipinski definition) is 4. The van der Waals surface area contributed by atoms with E-state index in [0.29, 0.717) is 0 Å². The normalized spacial score (nSPS) is 20.0. The molecule has 0 aromatic carbocycles. The van der Waals surface area contributed by atoms with Crippen LogP contribution >= 0.6 is 11.8 Å². The number of carbonyl (C=O) groups is 1. The largest absolute Gasteiger partial charge is 0.334 e. The second kappa shape index (κ2) is 6.83. The number of nitrogens with zero attached hydrogens (tertiary/aromatic N) is 3. The van der Waals surface area contributed by atoms with Gasteiger partial charge < -0.3 is 10.6 Å². The molecule has 1 aliphatic rings. The molecule has 6 heteroatoms. The Morgan fingerprint density at radius 3 is 2.81 bits per heavy atom. The van der Waals surface area contributed by atoms with Crippen LogP contribution in [-0.4, -0.2) is 45.2 Å². The molecule has 1 amide bonds. The summed E-state index contributed by atoms with van der Waals surface area (Å²) in [5, 5.41) is 4.49. The first kappa shape index (κ1) is 16.4. The standard InChI is InChI=1S/C15H26N4OS/c1-10-14(11(2)18(3)17-10)13-6-5-8-19(13)15(20)12(16)7-9-21-4/h12-13H,5-9,16H2,1-4H3. The van der Waals surface area contributed by atoms with Crippen molar-refractivity contribution in [2.75, 3.05) is 18.6 Å². The minimum Gasteiger partial charge on any atom is -0.334 e. The van der Waals surface area contributed by atoms with Gasteiger partial charge in [-0.05, 0) is 45.1 Å². The van der Waals surface area contributed by atoms with Crippen LogP contribution in [0.2, 0.25) is 0 Å². The molecule has 1 aromatic rings. The number of hydrogen-bond donors (Lipinski definition) is 1. The average Bonchev–Trinajstić information content (AvgIpc) is 3.01. The molecule has 21 heavy (non-hydrogen) atoms. The number of amides is 1. The van der Waals surface area contributed by atoms with Gasteiger partial charge in [-0.2, -0.15) is 16.9 Å². The van der Waals surface area contributed by atoms with Gasteiger partial charge in [-0.3, -0.25) is 9.48 Å². The summed E-state index contributed by atoms with van der Waals surface area (Å²) in [6, 6.07) is -0.234. The number of aromatic nitrogens is 2. The summed E-state index contributed by atoms with van der Waals surface area (Å²) in [6.07, 6.45) is 4.83. The van der Waals surface area contributed by atoms with E-state index in [1.807, 2.05) is 29.8 Å². The number of carbonyl (C=O) groups excluding carboxylic acids is 1. The van der Waals surface area contributed by atoms with E-state index in [0.717, 1.165) is 42.9 Å². The van der Waals surface area contributed by atoms with E-state index in [1.165, 1.54) is 5.56 Å². The third-order valence-corrected chi connectivity index (χ3v) is 5.03. The van der Waals surface area contributed by atoms with Crippen molar-refractivity contribution in [3.05, 3.63) is 17.0 Å². The Balaban J connectivity index is 2.18. The Morgan fingerprint density at radius 1 is 1.52 bits per heavy atom. The highest BCUT2D eigenvalue weighted by molar-refractivity contribution is 7.98. The molecular formula is C15H26N4OS. The summed E-state index contributed by atoms with van der Waals surface area (Å²) in [5.74, 6) is 1.02. The lowest BCUT2D eigenvalue weighted by atomic mass is 10.0. The Labute approximate surface area is 131 Å². The summed E-state index contributed by atoms with van der Waals surface area (Å²) in [4.78, 5) is 14.6. The maximum Gasteiger partial charge on any atom is 0.240 e. The number of thioether (sulfide) groups is 1. The van der Waals surface area contributed by atoms with E-state index >= 15 is 0 Å². The van der Waals surface area contributed by atoms with Crippen molar-refractivity contribution in [2.45, 2.75) is 45.2 Å². The average molecular weight is 310 g/mol. The fourth-order valence-corrected chi connectivity index (χ4v) is 3.67. The molecule has 2 rings (SSSR count). The van der Waals surface area contributed by atoms with Gasteiger partial charge >= 0.3 is 0 Å². The first-order valence-corrected chi connectivity index (χ1v) is 8.91.